The van der Waals surface area contributed by atoms with Crippen molar-refractivity contribution < 1.29 is 19.4 Å². The summed E-state index contributed by atoms with van der Waals surface area (Å²) in [4.78, 5) is 33.6. The Balaban J connectivity index is 1.04. The average molecular weight is 489 g/mol. The maximum Gasteiger partial charge on any atom is 0.326 e. The molecule has 8 heteroatoms. The predicted octanol–water partition coefficient (Wildman–Crippen LogP) is 3.99. The number of carboxylic acids is 1. The highest BCUT2D eigenvalue weighted by atomic mass is 16.5. The van der Waals surface area contributed by atoms with Crippen LogP contribution in [-0.4, -0.2) is 52.2 Å². The Kier molecular flexibility index (Phi) is 7.41. The molecule has 36 heavy (non-hydrogen) atoms. The van der Waals surface area contributed by atoms with E-state index in [1.807, 2.05) is 12.1 Å². The molecule has 1 aliphatic carbocycles. The summed E-state index contributed by atoms with van der Waals surface area (Å²) in [6.07, 6.45) is 8.31. The van der Waals surface area contributed by atoms with Gasteiger partial charge in [0, 0.05) is 42.4 Å². The minimum atomic E-state index is -1.07. The topological polar surface area (TPSA) is 113 Å². The van der Waals surface area contributed by atoms with Crippen LogP contribution >= 0.6 is 0 Å². The standard InChI is InChI=1S/C28H32N4O4/c33-27(23-5-1-7-24-22(23)6-3-13-29-24)32-25(28(34)35)12-15-36-21-16-18(17-21)8-10-20-11-9-19-4-2-14-30-26(19)31-20/h1,3,5-7,9,11,13,18,21,25H,2,4,8,10,12,14-17H2,(H,30,31)(H,32,33)(H,34,35)/t18-,21-,25-/m0/s1. The van der Waals surface area contributed by atoms with Crippen molar-refractivity contribution in [1.29, 1.82) is 0 Å². The molecule has 188 valence electrons. The first-order valence-corrected chi connectivity index (χ1v) is 12.8. The van der Waals surface area contributed by atoms with Crippen LogP contribution < -0.4 is 10.6 Å². The third-order valence-corrected chi connectivity index (χ3v) is 7.21. The number of pyridine rings is 2. The molecule has 2 aliphatic rings. The van der Waals surface area contributed by atoms with Crippen LogP contribution in [0.25, 0.3) is 10.9 Å². The Bertz CT molecular complexity index is 1240. The van der Waals surface area contributed by atoms with Gasteiger partial charge in [-0.15, -0.1) is 0 Å². The number of aryl methyl sites for hydroxylation is 2. The van der Waals surface area contributed by atoms with Crippen molar-refractivity contribution in [3.8, 4) is 0 Å². The number of carbonyl (C=O) groups excluding carboxylic acids is 1. The highest BCUT2D eigenvalue weighted by molar-refractivity contribution is 6.07. The zero-order valence-corrected chi connectivity index (χ0v) is 20.3. The van der Waals surface area contributed by atoms with Gasteiger partial charge >= 0.3 is 5.97 Å². The maximum atomic E-state index is 12.8. The molecular formula is C28H32N4O4. The molecule has 1 atom stereocenters. The van der Waals surface area contributed by atoms with E-state index in [4.69, 9.17) is 9.72 Å². The van der Waals surface area contributed by atoms with Crippen molar-refractivity contribution in [2.24, 2.45) is 5.92 Å². The molecule has 1 amide bonds. The molecule has 0 bridgehead atoms. The summed E-state index contributed by atoms with van der Waals surface area (Å²) in [6.45, 7) is 1.29. The number of nitrogens with zero attached hydrogens (tertiary/aromatic N) is 2. The van der Waals surface area contributed by atoms with Crippen LogP contribution in [0.5, 0.6) is 0 Å². The Morgan fingerprint density at radius 2 is 2.06 bits per heavy atom. The number of hydrogen-bond donors (Lipinski definition) is 3. The number of aliphatic carboxylic acids is 1. The van der Waals surface area contributed by atoms with Crippen LogP contribution in [0.2, 0.25) is 0 Å². The minimum absolute atomic E-state index is 0.155. The van der Waals surface area contributed by atoms with Gasteiger partial charge in [0.2, 0.25) is 0 Å². The summed E-state index contributed by atoms with van der Waals surface area (Å²) in [6, 6.07) is 12.1. The first-order valence-electron chi connectivity index (χ1n) is 12.8. The SMILES string of the molecule is O=C(N[C@@H](CCO[C@H]1C[C@H](CCc2ccc3c(n2)NCCC3)C1)C(=O)O)c1cccc2ncccc12. The van der Waals surface area contributed by atoms with Crippen molar-refractivity contribution in [2.45, 2.75) is 57.1 Å². The molecule has 0 spiro atoms. The molecule has 1 aliphatic heterocycles. The van der Waals surface area contributed by atoms with Crippen molar-refractivity contribution >= 4 is 28.6 Å². The van der Waals surface area contributed by atoms with Crippen LogP contribution in [-0.2, 0) is 22.4 Å². The van der Waals surface area contributed by atoms with E-state index in [9.17, 15) is 14.7 Å². The van der Waals surface area contributed by atoms with E-state index in [0.29, 0.717) is 29.0 Å². The van der Waals surface area contributed by atoms with Gasteiger partial charge in [-0.25, -0.2) is 9.78 Å². The normalized spacial score (nSPS) is 19.6. The van der Waals surface area contributed by atoms with E-state index in [2.05, 4.69) is 27.8 Å². The lowest BCUT2D eigenvalue weighted by Gasteiger charge is -2.35. The van der Waals surface area contributed by atoms with Gasteiger partial charge in [0.25, 0.3) is 5.91 Å². The third kappa shape index (κ3) is 5.65. The number of ether oxygens (including phenoxy) is 1. The third-order valence-electron chi connectivity index (χ3n) is 7.21. The second kappa shape index (κ2) is 11.0. The lowest BCUT2D eigenvalue weighted by molar-refractivity contribution is -0.140. The van der Waals surface area contributed by atoms with Gasteiger partial charge in [0.05, 0.1) is 11.6 Å². The number of hydrogen-bond acceptors (Lipinski definition) is 6. The van der Waals surface area contributed by atoms with Gasteiger partial charge < -0.3 is 20.5 Å². The Hall–Kier alpha value is -3.52. The molecule has 0 radical (unpaired) electrons. The van der Waals surface area contributed by atoms with Crippen LogP contribution in [0.15, 0.2) is 48.7 Å². The Morgan fingerprint density at radius 3 is 2.92 bits per heavy atom. The average Bonchev–Trinajstić information content (AvgIpc) is 2.88. The van der Waals surface area contributed by atoms with Gasteiger partial charge in [-0.2, -0.15) is 0 Å². The molecule has 3 heterocycles. The fourth-order valence-corrected chi connectivity index (χ4v) is 5.05. The second-order valence-electron chi connectivity index (χ2n) is 9.74. The first-order chi connectivity index (χ1) is 17.6. The van der Waals surface area contributed by atoms with Gasteiger partial charge in [0.1, 0.15) is 11.9 Å². The zero-order valence-electron chi connectivity index (χ0n) is 20.3. The van der Waals surface area contributed by atoms with Crippen LogP contribution in [0.1, 0.15) is 53.7 Å². The number of anilines is 1. The lowest BCUT2D eigenvalue weighted by atomic mass is 9.79. The van der Waals surface area contributed by atoms with Crippen LogP contribution in [0.3, 0.4) is 0 Å². The number of nitrogens with one attached hydrogen (secondary N) is 2. The van der Waals surface area contributed by atoms with E-state index in [-0.39, 0.29) is 12.5 Å². The molecule has 2 aromatic heterocycles. The van der Waals surface area contributed by atoms with Crippen molar-refractivity contribution in [2.75, 3.05) is 18.5 Å². The Morgan fingerprint density at radius 1 is 1.17 bits per heavy atom. The summed E-state index contributed by atoms with van der Waals surface area (Å²) < 4.78 is 5.92. The molecule has 5 rings (SSSR count). The van der Waals surface area contributed by atoms with Crippen molar-refractivity contribution in [3.05, 3.63) is 65.5 Å². The lowest BCUT2D eigenvalue weighted by Crippen LogP contribution is -2.42. The number of rotatable bonds is 10. The minimum Gasteiger partial charge on any atom is -0.480 e. The van der Waals surface area contributed by atoms with E-state index >= 15 is 0 Å². The summed E-state index contributed by atoms with van der Waals surface area (Å²) in [5.41, 5.74) is 3.55. The molecule has 1 aromatic carbocycles. The smallest absolute Gasteiger partial charge is 0.326 e. The van der Waals surface area contributed by atoms with E-state index in [1.165, 1.54) is 12.0 Å². The Labute approximate surface area is 210 Å². The predicted molar refractivity (Wildman–Crippen MR) is 137 cm³/mol. The molecule has 8 nitrogen and oxygen atoms in total. The highest BCUT2D eigenvalue weighted by Gasteiger charge is 2.30. The number of aromatic nitrogens is 2. The van der Waals surface area contributed by atoms with Crippen molar-refractivity contribution in [3.63, 3.8) is 0 Å². The number of carbonyl (C=O) groups is 2. The maximum absolute atomic E-state index is 12.8. The number of benzene rings is 1. The first kappa shape index (κ1) is 24.2. The molecule has 0 unspecified atom stereocenters. The van der Waals surface area contributed by atoms with Crippen LogP contribution in [0, 0.1) is 5.92 Å². The summed E-state index contributed by atoms with van der Waals surface area (Å²) in [7, 11) is 0. The fourth-order valence-electron chi connectivity index (χ4n) is 5.05. The summed E-state index contributed by atoms with van der Waals surface area (Å²) >= 11 is 0. The van der Waals surface area contributed by atoms with E-state index in [0.717, 1.165) is 50.2 Å². The second-order valence-corrected chi connectivity index (χ2v) is 9.74. The summed E-state index contributed by atoms with van der Waals surface area (Å²) in [5.74, 6) is 0.168. The monoisotopic (exact) mass is 488 g/mol. The molecular weight excluding hydrogens is 456 g/mol. The molecule has 3 N–H and O–H groups in total. The van der Waals surface area contributed by atoms with E-state index < -0.39 is 17.9 Å². The molecule has 0 saturated heterocycles. The molecule has 1 fully saturated rings. The molecule has 3 aromatic rings. The quantitative estimate of drug-likeness (QED) is 0.395. The summed E-state index contributed by atoms with van der Waals surface area (Å²) in [5, 5.41) is 16.4. The van der Waals surface area contributed by atoms with Gasteiger partial charge in [-0.05, 0) is 74.3 Å². The number of carboxylic acid groups (broad SMARTS) is 1. The van der Waals surface area contributed by atoms with Crippen molar-refractivity contribution in [1.82, 2.24) is 15.3 Å². The fraction of sp³-hybridized carbons (Fsp3) is 0.429. The highest BCUT2D eigenvalue weighted by Crippen LogP contribution is 2.34. The number of amides is 1. The largest absolute Gasteiger partial charge is 0.480 e. The van der Waals surface area contributed by atoms with Gasteiger partial charge in [-0.3, -0.25) is 9.78 Å². The van der Waals surface area contributed by atoms with Crippen LogP contribution in [0.4, 0.5) is 5.82 Å². The van der Waals surface area contributed by atoms with Gasteiger partial charge in [0.15, 0.2) is 0 Å². The van der Waals surface area contributed by atoms with Gasteiger partial charge in [-0.1, -0.05) is 18.2 Å². The molecule has 1 saturated carbocycles. The van der Waals surface area contributed by atoms with E-state index in [1.54, 1.807) is 24.4 Å². The number of fused-ring (bicyclic) bond motifs is 2. The zero-order chi connectivity index (χ0) is 24.9.